The van der Waals surface area contributed by atoms with E-state index >= 15 is 0 Å². The zero-order chi connectivity index (χ0) is 13.0. The van der Waals surface area contributed by atoms with Gasteiger partial charge in [-0.25, -0.2) is 4.79 Å². The molecule has 102 valence electrons. The number of hydrogen-bond acceptors (Lipinski definition) is 3. The second-order valence-corrected chi connectivity index (χ2v) is 4.92. The summed E-state index contributed by atoms with van der Waals surface area (Å²) in [6.45, 7) is 4.38. The van der Waals surface area contributed by atoms with Crippen LogP contribution >= 0.6 is 0 Å². The number of urea groups is 1. The highest BCUT2D eigenvalue weighted by molar-refractivity contribution is 5.87. The third-order valence-electron chi connectivity index (χ3n) is 3.36. The van der Waals surface area contributed by atoms with Crippen LogP contribution in [0.2, 0.25) is 0 Å². The van der Waals surface area contributed by atoms with Gasteiger partial charge in [-0.3, -0.25) is 4.79 Å². The van der Waals surface area contributed by atoms with E-state index in [0.717, 1.165) is 19.3 Å². The molecule has 6 nitrogen and oxygen atoms in total. The monoisotopic (exact) mass is 255 g/mol. The maximum Gasteiger partial charge on any atom is 0.318 e. The van der Waals surface area contributed by atoms with Crippen LogP contribution in [0.4, 0.5) is 4.79 Å². The molecule has 2 saturated heterocycles. The second-order valence-electron chi connectivity index (χ2n) is 4.92. The number of morpholine rings is 1. The van der Waals surface area contributed by atoms with E-state index in [1.165, 1.54) is 0 Å². The third-order valence-corrected chi connectivity index (χ3v) is 3.36. The van der Waals surface area contributed by atoms with E-state index in [4.69, 9.17) is 4.74 Å². The number of carbonyl (C=O) groups is 2. The second kappa shape index (κ2) is 6.04. The van der Waals surface area contributed by atoms with Crippen LogP contribution in [0.25, 0.3) is 0 Å². The first-order valence-electron chi connectivity index (χ1n) is 6.61. The van der Waals surface area contributed by atoms with Gasteiger partial charge in [0, 0.05) is 19.6 Å². The Kier molecular flexibility index (Phi) is 4.41. The van der Waals surface area contributed by atoms with Gasteiger partial charge in [0.1, 0.15) is 6.04 Å². The number of hydrogen-bond donors (Lipinski definition) is 2. The van der Waals surface area contributed by atoms with Crippen molar-refractivity contribution in [2.75, 3.05) is 26.2 Å². The number of rotatable bonds is 1. The molecular formula is C12H21N3O3. The summed E-state index contributed by atoms with van der Waals surface area (Å²) in [5.74, 6) is -0.0674. The van der Waals surface area contributed by atoms with Gasteiger partial charge in [0.05, 0.1) is 12.7 Å². The first kappa shape index (κ1) is 13.1. The van der Waals surface area contributed by atoms with Gasteiger partial charge < -0.3 is 20.3 Å². The maximum absolute atomic E-state index is 12.0. The Morgan fingerprint density at radius 1 is 1.50 bits per heavy atom. The molecule has 2 fully saturated rings. The lowest BCUT2D eigenvalue weighted by Crippen LogP contribution is -2.54. The average Bonchev–Trinajstić information content (AvgIpc) is 2.55. The van der Waals surface area contributed by atoms with E-state index in [1.54, 1.807) is 4.90 Å². The molecule has 0 aliphatic carbocycles. The minimum absolute atomic E-state index is 0.0625. The van der Waals surface area contributed by atoms with Gasteiger partial charge in [-0.1, -0.05) is 0 Å². The minimum Gasteiger partial charge on any atom is -0.375 e. The number of amides is 3. The SMILES string of the molecule is C[C@@H]1CN(C(=O)N[C@@H]2CCCCNC2=O)CCO1. The molecule has 0 radical (unpaired) electrons. The van der Waals surface area contributed by atoms with E-state index in [2.05, 4.69) is 10.6 Å². The van der Waals surface area contributed by atoms with Gasteiger partial charge in [0.2, 0.25) is 5.91 Å². The van der Waals surface area contributed by atoms with Crippen molar-refractivity contribution in [3.63, 3.8) is 0 Å². The highest BCUT2D eigenvalue weighted by Gasteiger charge is 2.27. The lowest BCUT2D eigenvalue weighted by molar-refractivity contribution is -0.122. The van der Waals surface area contributed by atoms with Crippen LogP contribution in [-0.4, -0.2) is 55.2 Å². The number of ether oxygens (including phenoxy) is 1. The molecule has 0 spiro atoms. The van der Waals surface area contributed by atoms with E-state index in [-0.39, 0.29) is 18.0 Å². The summed E-state index contributed by atoms with van der Waals surface area (Å²) in [5.41, 5.74) is 0. The summed E-state index contributed by atoms with van der Waals surface area (Å²) in [6, 6.07) is -0.551. The fraction of sp³-hybridized carbons (Fsp3) is 0.833. The number of carbonyl (C=O) groups excluding carboxylic acids is 2. The fourth-order valence-corrected chi connectivity index (χ4v) is 2.32. The van der Waals surface area contributed by atoms with Gasteiger partial charge >= 0.3 is 6.03 Å². The summed E-state index contributed by atoms with van der Waals surface area (Å²) >= 11 is 0. The van der Waals surface area contributed by atoms with E-state index in [0.29, 0.717) is 26.2 Å². The van der Waals surface area contributed by atoms with Crippen molar-refractivity contribution in [1.82, 2.24) is 15.5 Å². The number of nitrogens with one attached hydrogen (secondary N) is 2. The first-order valence-corrected chi connectivity index (χ1v) is 6.61. The van der Waals surface area contributed by atoms with Crippen LogP contribution in [0.1, 0.15) is 26.2 Å². The van der Waals surface area contributed by atoms with Crippen LogP contribution in [0.5, 0.6) is 0 Å². The average molecular weight is 255 g/mol. The Labute approximate surface area is 107 Å². The fourth-order valence-electron chi connectivity index (χ4n) is 2.32. The molecule has 18 heavy (non-hydrogen) atoms. The summed E-state index contributed by atoms with van der Waals surface area (Å²) in [6.07, 6.45) is 2.72. The Balaban J connectivity index is 1.87. The van der Waals surface area contributed by atoms with Gasteiger partial charge in [-0.2, -0.15) is 0 Å². The molecule has 6 heteroatoms. The van der Waals surface area contributed by atoms with Gasteiger partial charge in [-0.15, -0.1) is 0 Å². The lowest BCUT2D eigenvalue weighted by Gasteiger charge is -2.32. The highest BCUT2D eigenvalue weighted by atomic mass is 16.5. The highest BCUT2D eigenvalue weighted by Crippen LogP contribution is 2.08. The van der Waals surface area contributed by atoms with Gasteiger partial charge in [0.25, 0.3) is 0 Å². The summed E-state index contributed by atoms with van der Waals surface area (Å²) in [4.78, 5) is 25.5. The minimum atomic E-state index is -0.391. The molecule has 0 aromatic heterocycles. The summed E-state index contributed by atoms with van der Waals surface area (Å²) < 4.78 is 5.39. The van der Waals surface area contributed by atoms with E-state index in [1.807, 2.05) is 6.92 Å². The smallest absolute Gasteiger partial charge is 0.318 e. The Morgan fingerprint density at radius 2 is 2.33 bits per heavy atom. The topological polar surface area (TPSA) is 70.7 Å². The zero-order valence-electron chi connectivity index (χ0n) is 10.8. The van der Waals surface area contributed by atoms with Crippen molar-refractivity contribution in [3.05, 3.63) is 0 Å². The molecule has 0 aromatic rings. The lowest BCUT2D eigenvalue weighted by atomic mass is 10.1. The first-order chi connectivity index (χ1) is 8.66. The van der Waals surface area contributed by atoms with Crippen molar-refractivity contribution >= 4 is 11.9 Å². The quantitative estimate of drug-likeness (QED) is 0.697. The standard InChI is InChI=1S/C12H21N3O3/c1-9-8-15(6-7-18-9)12(17)14-10-4-2-3-5-13-11(10)16/h9-10H,2-8H2,1H3,(H,13,16)(H,14,17)/t9-,10-/m1/s1. The van der Waals surface area contributed by atoms with Gasteiger partial charge in [0.15, 0.2) is 0 Å². The maximum atomic E-state index is 12.0. The summed E-state index contributed by atoms with van der Waals surface area (Å²) in [5, 5.41) is 5.63. The molecule has 3 amide bonds. The van der Waals surface area contributed by atoms with Crippen molar-refractivity contribution in [2.24, 2.45) is 0 Å². The normalized spacial score (nSPS) is 29.4. The third kappa shape index (κ3) is 3.35. The van der Waals surface area contributed by atoms with Crippen LogP contribution in [0.3, 0.4) is 0 Å². The van der Waals surface area contributed by atoms with Crippen molar-refractivity contribution in [1.29, 1.82) is 0 Å². The molecule has 2 N–H and O–H groups in total. The zero-order valence-corrected chi connectivity index (χ0v) is 10.8. The predicted octanol–water partition coefficient (Wildman–Crippen LogP) is 0.0854. The molecule has 2 aliphatic heterocycles. The molecule has 0 aromatic carbocycles. The molecule has 2 atom stereocenters. The van der Waals surface area contributed by atoms with Gasteiger partial charge in [-0.05, 0) is 26.2 Å². The van der Waals surface area contributed by atoms with Crippen LogP contribution in [0, 0.1) is 0 Å². The van der Waals surface area contributed by atoms with E-state index in [9.17, 15) is 9.59 Å². The van der Waals surface area contributed by atoms with Crippen molar-refractivity contribution < 1.29 is 14.3 Å². The summed E-state index contributed by atoms with van der Waals surface area (Å²) in [7, 11) is 0. The molecule has 2 aliphatic rings. The molecule has 2 rings (SSSR count). The predicted molar refractivity (Wildman–Crippen MR) is 66.2 cm³/mol. The largest absolute Gasteiger partial charge is 0.375 e. The van der Waals surface area contributed by atoms with E-state index < -0.39 is 6.04 Å². The van der Waals surface area contributed by atoms with Crippen molar-refractivity contribution in [3.8, 4) is 0 Å². The Morgan fingerprint density at radius 3 is 3.11 bits per heavy atom. The molecule has 2 heterocycles. The molecule has 0 saturated carbocycles. The number of nitrogens with zero attached hydrogens (tertiary/aromatic N) is 1. The van der Waals surface area contributed by atoms with Crippen LogP contribution in [0.15, 0.2) is 0 Å². The van der Waals surface area contributed by atoms with Crippen molar-refractivity contribution in [2.45, 2.75) is 38.3 Å². The molecular weight excluding hydrogens is 234 g/mol. The molecule has 0 unspecified atom stereocenters. The molecule has 0 bridgehead atoms. The Hall–Kier alpha value is -1.30. The van der Waals surface area contributed by atoms with Crippen LogP contribution in [-0.2, 0) is 9.53 Å². The Bertz CT molecular complexity index is 322. The van der Waals surface area contributed by atoms with Crippen LogP contribution < -0.4 is 10.6 Å².